The zero-order valence-corrected chi connectivity index (χ0v) is 20.3. The molecule has 0 bridgehead atoms. The van der Waals surface area contributed by atoms with E-state index in [1.807, 2.05) is 4.72 Å². The van der Waals surface area contributed by atoms with E-state index in [9.17, 15) is 22.8 Å². The molecule has 1 aliphatic heterocycles. The third-order valence-electron chi connectivity index (χ3n) is 4.89. The van der Waals surface area contributed by atoms with Crippen LogP contribution in [-0.2, 0) is 10.0 Å². The number of rotatable bonds is 5. The van der Waals surface area contributed by atoms with Gasteiger partial charge in [0.05, 0.1) is 20.6 Å². The third-order valence-corrected chi connectivity index (χ3v) is 8.57. The molecule has 1 atom stereocenters. The normalized spacial score (nSPS) is 15.9. The first-order chi connectivity index (χ1) is 16.0. The molecule has 9 nitrogen and oxygen atoms in total. The van der Waals surface area contributed by atoms with Crippen molar-refractivity contribution in [3.8, 4) is 5.69 Å². The standard InChI is InChI=1S/C20H15Cl2FN4O5S2/c1-24-10-2-3-11-14(8-10)25-20(30)27(19(11)29)17-12(21)6-9(7-13(17)23)18(28)26-34(31,32)16-5-4-15(22)33-16/h2-3,5-8,15,24H,4H2,1H3,(H,25,30)(H,26,28). The Kier molecular flexibility index (Phi) is 6.51. The summed E-state index contributed by atoms with van der Waals surface area (Å²) in [6.45, 7) is 0. The average Bonchev–Trinajstić information content (AvgIpc) is 3.22. The molecule has 1 aliphatic rings. The molecule has 178 valence electrons. The number of sulfonamides is 1. The average molecular weight is 545 g/mol. The Hall–Kier alpha value is -2.80. The molecular formula is C20H15Cl2FN4O5S2. The Morgan fingerprint density at radius 1 is 1.26 bits per heavy atom. The van der Waals surface area contributed by atoms with Gasteiger partial charge >= 0.3 is 5.69 Å². The van der Waals surface area contributed by atoms with Gasteiger partial charge in [-0.2, -0.15) is 0 Å². The molecule has 1 unspecified atom stereocenters. The number of anilines is 1. The summed E-state index contributed by atoms with van der Waals surface area (Å²) >= 11 is 12.9. The maximum atomic E-state index is 15.1. The van der Waals surface area contributed by atoms with Crippen LogP contribution in [-0.4, -0.2) is 35.6 Å². The summed E-state index contributed by atoms with van der Waals surface area (Å²) < 4.78 is 41.5. The molecule has 3 N–H and O–H groups in total. The molecule has 4 rings (SSSR count). The first kappa shape index (κ1) is 24.3. The van der Waals surface area contributed by atoms with E-state index in [0.717, 1.165) is 17.8 Å². The van der Waals surface area contributed by atoms with Crippen LogP contribution in [0.5, 0.6) is 0 Å². The largest absolute Gasteiger partial charge is 0.388 e. The zero-order chi connectivity index (χ0) is 24.8. The van der Waals surface area contributed by atoms with E-state index in [1.165, 1.54) is 12.1 Å². The summed E-state index contributed by atoms with van der Waals surface area (Å²) in [5.41, 5.74) is -1.91. The smallest absolute Gasteiger partial charge is 0.333 e. The maximum Gasteiger partial charge on any atom is 0.333 e. The van der Waals surface area contributed by atoms with Crippen molar-refractivity contribution in [2.24, 2.45) is 0 Å². The van der Waals surface area contributed by atoms with Crippen molar-refractivity contribution in [1.82, 2.24) is 14.3 Å². The van der Waals surface area contributed by atoms with E-state index in [2.05, 4.69) is 10.3 Å². The highest BCUT2D eigenvalue weighted by Gasteiger charge is 2.29. The van der Waals surface area contributed by atoms with Gasteiger partial charge in [0.2, 0.25) is 0 Å². The number of nitrogens with zero attached hydrogens (tertiary/aromatic N) is 1. The molecule has 0 saturated heterocycles. The minimum atomic E-state index is -4.21. The van der Waals surface area contributed by atoms with Crippen molar-refractivity contribution in [2.75, 3.05) is 12.4 Å². The number of hydrogen-bond acceptors (Lipinski definition) is 7. The molecule has 0 spiro atoms. The predicted molar refractivity (Wildman–Crippen MR) is 131 cm³/mol. The molecule has 0 saturated carbocycles. The Morgan fingerprint density at radius 3 is 2.62 bits per heavy atom. The van der Waals surface area contributed by atoms with E-state index in [-0.39, 0.29) is 15.1 Å². The lowest BCUT2D eigenvalue weighted by molar-refractivity contribution is 0.0981. The third kappa shape index (κ3) is 4.45. The van der Waals surface area contributed by atoms with Crippen LogP contribution < -0.4 is 21.3 Å². The van der Waals surface area contributed by atoms with Crippen LogP contribution in [0.25, 0.3) is 16.6 Å². The van der Waals surface area contributed by atoms with Crippen molar-refractivity contribution in [1.29, 1.82) is 0 Å². The van der Waals surface area contributed by atoms with Crippen molar-refractivity contribution in [3.63, 3.8) is 0 Å². The fourth-order valence-electron chi connectivity index (χ4n) is 3.30. The molecule has 34 heavy (non-hydrogen) atoms. The first-order valence-electron chi connectivity index (χ1n) is 9.56. The van der Waals surface area contributed by atoms with Crippen LogP contribution in [0.4, 0.5) is 10.1 Å². The second-order valence-electron chi connectivity index (χ2n) is 7.09. The molecule has 1 amide bonds. The second-order valence-corrected chi connectivity index (χ2v) is 11.4. The SMILES string of the molecule is CNc1ccc2c(=O)n(-c3c(F)cc(C(=O)NS(=O)(=O)C4=CCC(Cl)S4)cc3Cl)c(=O)[nH]c2c1. The van der Waals surface area contributed by atoms with E-state index < -0.39 is 54.0 Å². The number of aromatic amines is 1. The number of carbonyl (C=O) groups excluding carboxylic acids is 1. The van der Waals surface area contributed by atoms with E-state index in [1.54, 1.807) is 19.2 Å². The molecule has 2 heterocycles. The van der Waals surface area contributed by atoms with Crippen LogP contribution in [0.1, 0.15) is 16.8 Å². The topological polar surface area (TPSA) is 130 Å². The van der Waals surface area contributed by atoms with Crippen LogP contribution in [0.15, 0.2) is 50.2 Å². The summed E-state index contributed by atoms with van der Waals surface area (Å²) in [5.74, 6) is -2.32. The van der Waals surface area contributed by atoms with Crippen molar-refractivity contribution in [2.45, 2.75) is 11.1 Å². The number of thioether (sulfide) groups is 1. The van der Waals surface area contributed by atoms with Gasteiger partial charge in [0, 0.05) is 18.3 Å². The van der Waals surface area contributed by atoms with Crippen molar-refractivity contribution < 1.29 is 17.6 Å². The fourth-order valence-corrected chi connectivity index (χ4v) is 6.53. The number of fused-ring (bicyclic) bond motifs is 1. The van der Waals surface area contributed by atoms with Gasteiger partial charge in [-0.3, -0.25) is 9.59 Å². The monoisotopic (exact) mass is 544 g/mol. The molecule has 0 radical (unpaired) electrons. The van der Waals surface area contributed by atoms with Gasteiger partial charge in [0.15, 0.2) is 0 Å². The summed E-state index contributed by atoms with van der Waals surface area (Å²) in [7, 11) is -2.55. The quantitative estimate of drug-likeness (QED) is 0.420. The van der Waals surface area contributed by atoms with Crippen molar-refractivity contribution >= 4 is 67.5 Å². The van der Waals surface area contributed by atoms with Gasteiger partial charge in [-0.15, -0.1) is 11.6 Å². The number of benzene rings is 2. The number of alkyl halides is 1. The molecule has 0 fully saturated rings. The maximum absolute atomic E-state index is 15.1. The number of allylic oxidation sites excluding steroid dienone is 1. The molecule has 1 aromatic heterocycles. The first-order valence-corrected chi connectivity index (χ1v) is 12.7. The second kappa shape index (κ2) is 9.10. The number of aromatic nitrogens is 2. The number of hydrogen-bond donors (Lipinski definition) is 3. The Labute approximate surface area is 206 Å². The summed E-state index contributed by atoms with van der Waals surface area (Å²) in [6, 6.07) is 6.25. The summed E-state index contributed by atoms with van der Waals surface area (Å²) in [4.78, 5) is 40.6. The van der Waals surface area contributed by atoms with Crippen LogP contribution in [0, 0.1) is 5.82 Å². The van der Waals surface area contributed by atoms with Gasteiger partial charge in [-0.05, 0) is 36.8 Å². The van der Waals surface area contributed by atoms with Gasteiger partial charge in [0.25, 0.3) is 21.5 Å². The number of amides is 1. The van der Waals surface area contributed by atoms with Gasteiger partial charge in [-0.25, -0.2) is 26.9 Å². The van der Waals surface area contributed by atoms with Gasteiger partial charge in [0.1, 0.15) is 15.7 Å². The van der Waals surface area contributed by atoms with E-state index in [4.69, 9.17) is 23.2 Å². The highest BCUT2D eigenvalue weighted by Crippen LogP contribution is 2.37. The molecule has 14 heteroatoms. The van der Waals surface area contributed by atoms with Crippen LogP contribution >= 0.6 is 35.0 Å². The summed E-state index contributed by atoms with van der Waals surface area (Å²) in [5, 5.41) is 2.52. The molecule has 0 aliphatic carbocycles. The van der Waals surface area contributed by atoms with Crippen molar-refractivity contribution in [3.05, 3.63) is 77.9 Å². The lowest BCUT2D eigenvalue weighted by Gasteiger charge is -2.12. The Balaban J connectivity index is 1.74. The van der Waals surface area contributed by atoms with Crippen LogP contribution in [0.3, 0.4) is 0 Å². The van der Waals surface area contributed by atoms with E-state index in [0.29, 0.717) is 22.7 Å². The minimum Gasteiger partial charge on any atom is -0.388 e. The zero-order valence-electron chi connectivity index (χ0n) is 17.2. The van der Waals surface area contributed by atoms with Gasteiger partial charge < -0.3 is 10.3 Å². The highest BCUT2D eigenvalue weighted by molar-refractivity contribution is 8.19. The molecule has 3 aromatic rings. The highest BCUT2D eigenvalue weighted by atomic mass is 35.5. The molecule has 2 aromatic carbocycles. The lowest BCUT2D eigenvalue weighted by Crippen LogP contribution is -2.35. The Morgan fingerprint density at radius 2 is 2.00 bits per heavy atom. The van der Waals surface area contributed by atoms with E-state index >= 15 is 4.39 Å². The number of halogens is 3. The summed E-state index contributed by atoms with van der Waals surface area (Å²) in [6.07, 6.45) is 1.67. The minimum absolute atomic E-state index is 0.0990. The number of nitrogens with one attached hydrogen (secondary N) is 3. The van der Waals surface area contributed by atoms with Gasteiger partial charge in [-0.1, -0.05) is 29.4 Å². The number of carbonyl (C=O) groups is 1. The number of H-pyrrole nitrogens is 1. The van der Waals surface area contributed by atoms with Crippen LogP contribution in [0.2, 0.25) is 5.02 Å². The lowest BCUT2D eigenvalue weighted by atomic mass is 10.1. The Bertz CT molecular complexity index is 1580. The molecular weight excluding hydrogens is 530 g/mol. The predicted octanol–water partition coefficient (Wildman–Crippen LogP) is 3.12. The fraction of sp³-hybridized carbons (Fsp3) is 0.150.